The molecule has 144 valence electrons. The van der Waals surface area contributed by atoms with Gasteiger partial charge in [0.05, 0.1) is 0 Å². The van der Waals surface area contributed by atoms with Crippen LogP contribution in [0.3, 0.4) is 0 Å². The van der Waals surface area contributed by atoms with Crippen LogP contribution in [-0.4, -0.2) is 0 Å². The molecule has 0 spiro atoms. The van der Waals surface area contributed by atoms with Gasteiger partial charge in [-0.1, -0.05) is 98.8 Å². The van der Waals surface area contributed by atoms with Crippen molar-refractivity contribution in [2.75, 3.05) is 5.32 Å². The summed E-state index contributed by atoms with van der Waals surface area (Å²) < 4.78 is 0. The number of hydrogen-bond donors (Lipinski definition) is 1. The van der Waals surface area contributed by atoms with E-state index in [0.717, 1.165) is 11.4 Å². The highest BCUT2D eigenvalue weighted by atomic mass is 14.9. The standard InChI is InChI=1S/C28H27N/c1-4-5-6-7-8-12-21-17-19-22(20-18-21)29-26-16-11-15-25-27(26)23-13-9-10-14-24(23)28(25,2)3/h4-20,29H,1-3H3/b5-4-,7-6+,12-8+. The summed E-state index contributed by atoms with van der Waals surface area (Å²) in [5.41, 5.74) is 8.92. The number of hydrogen-bond acceptors (Lipinski definition) is 1. The van der Waals surface area contributed by atoms with Gasteiger partial charge < -0.3 is 5.32 Å². The molecule has 0 saturated carbocycles. The SMILES string of the molecule is C\C=C/C=C/C=C/c1ccc(Nc2cccc3c2-c2ccccc2C3(C)C)cc1. The summed E-state index contributed by atoms with van der Waals surface area (Å²) in [7, 11) is 0. The van der Waals surface area contributed by atoms with Crippen LogP contribution < -0.4 is 5.32 Å². The van der Waals surface area contributed by atoms with E-state index in [9.17, 15) is 0 Å². The minimum atomic E-state index is 0.0265. The molecule has 0 amide bonds. The zero-order valence-corrected chi connectivity index (χ0v) is 17.3. The fourth-order valence-electron chi connectivity index (χ4n) is 4.10. The van der Waals surface area contributed by atoms with Crippen LogP contribution in [0.1, 0.15) is 37.5 Å². The summed E-state index contributed by atoms with van der Waals surface area (Å²) in [5, 5.41) is 3.65. The van der Waals surface area contributed by atoms with E-state index in [-0.39, 0.29) is 5.41 Å². The highest BCUT2D eigenvalue weighted by molar-refractivity contribution is 5.91. The first-order valence-electron chi connectivity index (χ1n) is 10.2. The van der Waals surface area contributed by atoms with E-state index in [4.69, 9.17) is 0 Å². The molecule has 0 heterocycles. The lowest BCUT2D eigenvalue weighted by molar-refractivity contribution is 0.660. The molecule has 4 rings (SSSR count). The lowest BCUT2D eigenvalue weighted by atomic mass is 9.82. The number of nitrogens with one attached hydrogen (secondary N) is 1. The molecular weight excluding hydrogens is 350 g/mol. The summed E-state index contributed by atoms with van der Waals surface area (Å²) in [6.07, 6.45) is 12.3. The van der Waals surface area contributed by atoms with Crippen molar-refractivity contribution in [2.24, 2.45) is 0 Å². The third-order valence-electron chi connectivity index (χ3n) is 5.61. The second kappa shape index (κ2) is 7.97. The molecule has 0 saturated heterocycles. The van der Waals surface area contributed by atoms with E-state index >= 15 is 0 Å². The van der Waals surface area contributed by atoms with E-state index in [1.54, 1.807) is 0 Å². The van der Waals surface area contributed by atoms with Gasteiger partial charge in [-0.05, 0) is 47.4 Å². The smallest absolute Gasteiger partial charge is 0.0467 e. The molecule has 0 aliphatic heterocycles. The Morgan fingerprint density at radius 3 is 2.24 bits per heavy atom. The Morgan fingerprint density at radius 1 is 0.724 bits per heavy atom. The van der Waals surface area contributed by atoms with Crippen LogP contribution in [0.25, 0.3) is 17.2 Å². The molecule has 0 aromatic heterocycles. The molecule has 0 radical (unpaired) electrons. The van der Waals surface area contributed by atoms with E-state index in [0.29, 0.717) is 0 Å². The molecular formula is C28H27N. The van der Waals surface area contributed by atoms with Crippen molar-refractivity contribution in [3.63, 3.8) is 0 Å². The predicted octanol–water partition coefficient (Wildman–Crippen LogP) is 7.88. The molecule has 0 unspecified atom stereocenters. The van der Waals surface area contributed by atoms with Gasteiger partial charge in [0.15, 0.2) is 0 Å². The van der Waals surface area contributed by atoms with Crippen molar-refractivity contribution in [3.8, 4) is 11.1 Å². The van der Waals surface area contributed by atoms with Crippen LogP contribution in [-0.2, 0) is 5.41 Å². The number of fused-ring (bicyclic) bond motifs is 3. The third-order valence-corrected chi connectivity index (χ3v) is 5.61. The minimum absolute atomic E-state index is 0.0265. The maximum absolute atomic E-state index is 3.65. The normalized spacial score (nSPS) is 14.6. The van der Waals surface area contributed by atoms with Crippen LogP contribution in [0.4, 0.5) is 11.4 Å². The first-order valence-corrected chi connectivity index (χ1v) is 10.2. The molecule has 1 nitrogen and oxygen atoms in total. The third kappa shape index (κ3) is 3.69. The van der Waals surface area contributed by atoms with Crippen molar-refractivity contribution in [1.29, 1.82) is 0 Å². The van der Waals surface area contributed by atoms with Crippen molar-refractivity contribution < 1.29 is 0 Å². The largest absolute Gasteiger partial charge is 0.355 e. The first-order chi connectivity index (χ1) is 14.1. The summed E-state index contributed by atoms with van der Waals surface area (Å²) in [6.45, 7) is 6.64. The summed E-state index contributed by atoms with van der Waals surface area (Å²) in [4.78, 5) is 0. The van der Waals surface area contributed by atoms with Crippen LogP contribution in [0.2, 0.25) is 0 Å². The van der Waals surface area contributed by atoms with E-state index < -0.39 is 0 Å². The van der Waals surface area contributed by atoms with Gasteiger partial charge in [0.25, 0.3) is 0 Å². The average Bonchev–Trinajstić information content (AvgIpc) is 2.98. The number of allylic oxidation sites excluding steroid dienone is 5. The van der Waals surface area contributed by atoms with Crippen molar-refractivity contribution in [2.45, 2.75) is 26.2 Å². The van der Waals surface area contributed by atoms with Gasteiger partial charge in [-0.3, -0.25) is 0 Å². The zero-order valence-electron chi connectivity index (χ0n) is 17.3. The lowest BCUT2D eigenvalue weighted by Gasteiger charge is -2.21. The Morgan fingerprint density at radius 2 is 1.45 bits per heavy atom. The molecule has 3 aromatic rings. The monoisotopic (exact) mass is 377 g/mol. The Bertz CT molecular complexity index is 1100. The summed E-state index contributed by atoms with van der Waals surface area (Å²) >= 11 is 0. The van der Waals surface area contributed by atoms with Gasteiger partial charge in [0.2, 0.25) is 0 Å². The molecule has 0 fully saturated rings. The Labute approximate surface area is 174 Å². The maximum Gasteiger partial charge on any atom is 0.0467 e. The van der Waals surface area contributed by atoms with Gasteiger partial charge in [-0.2, -0.15) is 0 Å². The van der Waals surface area contributed by atoms with Crippen LogP contribution in [0.5, 0.6) is 0 Å². The fraction of sp³-hybridized carbons (Fsp3) is 0.143. The lowest BCUT2D eigenvalue weighted by Crippen LogP contribution is -2.14. The molecule has 29 heavy (non-hydrogen) atoms. The highest BCUT2D eigenvalue weighted by Crippen LogP contribution is 2.51. The van der Waals surface area contributed by atoms with Gasteiger partial charge >= 0.3 is 0 Å². The minimum Gasteiger partial charge on any atom is -0.355 e. The number of anilines is 2. The summed E-state index contributed by atoms with van der Waals surface area (Å²) in [6, 6.07) is 23.9. The quantitative estimate of drug-likeness (QED) is 0.446. The van der Waals surface area contributed by atoms with Crippen molar-refractivity contribution >= 4 is 17.5 Å². The predicted molar refractivity (Wildman–Crippen MR) is 127 cm³/mol. The average molecular weight is 378 g/mol. The molecule has 1 aliphatic rings. The second-order valence-electron chi connectivity index (χ2n) is 7.92. The number of benzene rings is 3. The molecule has 1 N–H and O–H groups in total. The Hall–Kier alpha value is -3.32. The highest BCUT2D eigenvalue weighted by Gasteiger charge is 2.36. The Kier molecular flexibility index (Phi) is 5.22. The van der Waals surface area contributed by atoms with Crippen LogP contribution >= 0.6 is 0 Å². The molecule has 1 heteroatoms. The second-order valence-corrected chi connectivity index (χ2v) is 7.92. The van der Waals surface area contributed by atoms with Gasteiger partial charge in [-0.15, -0.1) is 0 Å². The van der Waals surface area contributed by atoms with Crippen molar-refractivity contribution in [1.82, 2.24) is 0 Å². The van der Waals surface area contributed by atoms with Crippen molar-refractivity contribution in [3.05, 3.63) is 114 Å². The topological polar surface area (TPSA) is 12.0 Å². The number of rotatable bonds is 5. The van der Waals surface area contributed by atoms with Crippen LogP contribution in [0.15, 0.2) is 97.1 Å². The molecule has 0 bridgehead atoms. The first kappa shape index (κ1) is 19.0. The molecule has 0 atom stereocenters. The van der Waals surface area contributed by atoms with Gasteiger partial charge in [0.1, 0.15) is 0 Å². The molecule has 1 aliphatic carbocycles. The van der Waals surface area contributed by atoms with E-state index in [1.165, 1.54) is 27.8 Å². The summed E-state index contributed by atoms with van der Waals surface area (Å²) in [5.74, 6) is 0. The Balaban J connectivity index is 1.61. The maximum atomic E-state index is 3.65. The zero-order chi connectivity index (χ0) is 20.3. The van der Waals surface area contributed by atoms with E-state index in [1.807, 2.05) is 31.2 Å². The van der Waals surface area contributed by atoms with Gasteiger partial charge in [-0.25, -0.2) is 0 Å². The van der Waals surface area contributed by atoms with Crippen LogP contribution in [0, 0.1) is 0 Å². The van der Waals surface area contributed by atoms with Gasteiger partial charge in [0, 0.05) is 22.4 Å². The van der Waals surface area contributed by atoms with E-state index in [2.05, 4.69) is 98.0 Å². The molecule has 3 aromatic carbocycles. The fourth-order valence-corrected chi connectivity index (χ4v) is 4.10.